The molecule has 0 spiro atoms. The monoisotopic (exact) mass is 290 g/mol. The fraction of sp³-hybridized carbons (Fsp3) is 0.273. The predicted octanol–water partition coefficient (Wildman–Crippen LogP) is 3.40. The summed E-state index contributed by atoms with van der Waals surface area (Å²) in [5.41, 5.74) is 0.885. The summed E-state index contributed by atoms with van der Waals surface area (Å²) in [5, 5.41) is 9.38. The number of halogens is 4. The van der Waals surface area contributed by atoms with Gasteiger partial charge in [-0.3, -0.25) is 5.10 Å². The fourth-order valence-corrected chi connectivity index (χ4v) is 1.69. The molecule has 0 atom stereocenters. The van der Waals surface area contributed by atoms with Crippen molar-refractivity contribution in [1.82, 2.24) is 15.2 Å². The van der Waals surface area contributed by atoms with Crippen molar-refractivity contribution in [1.29, 1.82) is 0 Å². The number of aromatic nitrogens is 3. The van der Waals surface area contributed by atoms with Gasteiger partial charge in [0.2, 0.25) is 0 Å². The number of alkyl halides is 3. The maximum Gasteiger partial charge on any atom is 0.417 e. The molecule has 2 N–H and O–H groups in total. The van der Waals surface area contributed by atoms with Crippen LogP contribution in [-0.2, 0) is 12.7 Å². The molecule has 2 aromatic rings. The van der Waals surface area contributed by atoms with Gasteiger partial charge in [-0.1, -0.05) is 11.6 Å². The molecule has 8 heteroatoms. The van der Waals surface area contributed by atoms with E-state index in [0.717, 1.165) is 23.5 Å². The molecular weight excluding hydrogens is 281 g/mol. The van der Waals surface area contributed by atoms with Gasteiger partial charge < -0.3 is 5.32 Å². The van der Waals surface area contributed by atoms with Crippen molar-refractivity contribution >= 4 is 17.4 Å². The van der Waals surface area contributed by atoms with Crippen molar-refractivity contribution in [3.8, 4) is 0 Å². The zero-order valence-corrected chi connectivity index (χ0v) is 10.6. The maximum atomic E-state index is 12.4. The molecule has 2 aromatic heterocycles. The SMILES string of the molecule is Cc1[nH]ncc1CNc1ncc(C(F)(F)F)cc1Cl. The molecule has 102 valence electrons. The maximum absolute atomic E-state index is 12.4. The highest BCUT2D eigenvalue weighted by Crippen LogP contribution is 2.32. The van der Waals surface area contributed by atoms with Crippen LogP contribution in [-0.4, -0.2) is 15.2 Å². The lowest BCUT2D eigenvalue weighted by Crippen LogP contribution is -2.08. The Morgan fingerprint density at radius 3 is 2.63 bits per heavy atom. The van der Waals surface area contributed by atoms with Crippen LogP contribution < -0.4 is 5.32 Å². The normalized spacial score (nSPS) is 11.6. The van der Waals surface area contributed by atoms with Gasteiger partial charge in [-0.15, -0.1) is 0 Å². The van der Waals surface area contributed by atoms with E-state index in [-0.39, 0.29) is 10.8 Å². The molecule has 0 bridgehead atoms. The number of aromatic amines is 1. The van der Waals surface area contributed by atoms with Crippen LogP contribution in [0, 0.1) is 6.92 Å². The van der Waals surface area contributed by atoms with Crippen LogP contribution >= 0.6 is 11.6 Å². The van der Waals surface area contributed by atoms with E-state index >= 15 is 0 Å². The number of aryl methyl sites for hydroxylation is 1. The first-order valence-electron chi connectivity index (χ1n) is 5.33. The molecule has 0 aliphatic rings. The van der Waals surface area contributed by atoms with Crippen LogP contribution in [0.2, 0.25) is 5.02 Å². The van der Waals surface area contributed by atoms with Crippen molar-refractivity contribution in [3.63, 3.8) is 0 Å². The molecule has 0 fully saturated rings. The summed E-state index contributed by atoms with van der Waals surface area (Å²) in [4.78, 5) is 3.68. The van der Waals surface area contributed by atoms with Crippen molar-refractivity contribution in [3.05, 3.63) is 40.3 Å². The predicted molar refractivity (Wildman–Crippen MR) is 64.9 cm³/mol. The Morgan fingerprint density at radius 1 is 1.37 bits per heavy atom. The second kappa shape index (κ2) is 5.08. The van der Waals surface area contributed by atoms with Crippen LogP contribution in [0.4, 0.5) is 19.0 Å². The number of anilines is 1. The summed E-state index contributed by atoms with van der Waals surface area (Å²) in [6.07, 6.45) is -2.08. The molecule has 2 heterocycles. The standard InChI is InChI=1S/C11H10ClF3N4/c1-6-7(4-18-19-6)3-16-10-9(12)2-8(5-17-10)11(13,14)15/h2,4-5H,3H2,1H3,(H,16,17)(H,18,19). The van der Waals surface area contributed by atoms with Gasteiger partial charge in [0, 0.05) is 24.0 Å². The summed E-state index contributed by atoms with van der Waals surface area (Å²) >= 11 is 5.77. The minimum atomic E-state index is -4.45. The van der Waals surface area contributed by atoms with E-state index < -0.39 is 11.7 Å². The Hall–Kier alpha value is -1.76. The first kappa shape index (κ1) is 13.7. The Bertz CT molecular complexity index is 580. The van der Waals surface area contributed by atoms with E-state index in [1.54, 1.807) is 6.20 Å². The minimum Gasteiger partial charge on any atom is -0.365 e. The second-order valence-electron chi connectivity index (χ2n) is 3.93. The van der Waals surface area contributed by atoms with Crippen LogP contribution in [0.5, 0.6) is 0 Å². The first-order valence-corrected chi connectivity index (χ1v) is 5.71. The number of pyridine rings is 1. The van der Waals surface area contributed by atoms with Crippen LogP contribution in [0.1, 0.15) is 16.8 Å². The summed E-state index contributed by atoms with van der Waals surface area (Å²) < 4.78 is 37.3. The largest absolute Gasteiger partial charge is 0.417 e. The van der Waals surface area contributed by atoms with Gasteiger partial charge in [0.1, 0.15) is 5.82 Å². The average Bonchev–Trinajstić information content (AvgIpc) is 2.72. The van der Waals surface area contributed by atoms with E-state index in [4.69, 9.17) is 11.6 Å². The van der Waals surface area contributed by atoms with Gasteiger partial charge >= 0.3 is 6.18 Å². The van der Waals surface area contributed by atoms with E-state index in [2.05, 4.69) is 20.5 Å². The van der Waals surface area contributed by atoms with E-state index in [9.17, 15) is 13.2 Å². The lowest BCUT2D eigenvalue weighted by atomic mass is 10.2. The first-order chi connectivity index (χ1) is 8.88. The minimum absolute atomic E-state index is 0.0732. The molecule has 0 aliphatic carbocycles. The number of hydrogen-bond acceptors (Lipinski definition) is 3. The highest BCUT2D eigenvalue weighted by molar-refractivity contribution is 6.32. The van der Waals surface area contributed by atoms with Crippen molar-refractivity contribution in [2.24, 2.45) is 0 Å². The molecule has 4 nitrogen and oxygen atoms in total. The summed E-state index contributed by atoms with van der Waals surface area (Å²) in [7, 11) is 0. The Labute approximate surface area is 112 Å². The lowest BCUT2D eigenvalue weighted by molar-refractivity contribution is -0.137. The van der Waals surface area contributed by atoms with Gasteiger partial charge in [0.05, 0.1) is 16.8 Å². The highest BCUT2D eigenvalue weighted by atomic mass is 35.5. The Balaban J connectivity index is 2.12. The highest BCUT2D eigenvalue weighted by Gasteiger charge is 2.31. The third kappa shape index (κ3) is 3.17. The van der Waals surface area contributed by atoms with E-state index in [1.807, 2.05) is 6.92 Å². The van der Waals surface area contributed by atoms with E-state index in [0.29, 0.717) is 6.54 Å². The third-order valence-corrected chi connectivity index (χ3v) is 2.84. The Morgan fingerprint density at radius 2 is 2.11 bits per heavy atom. The Kier molecular flexibility index (Phi) is 3.66. The fourth-order valence-electron chi connectivity index (χ4n) is 1.46. The average molecular weight is 291 g/mol. The molecule has 0 amide bonds. The molecule has 2 rings (SSSR count). The molecule has 0 unspecified atom stereocenters. The molecular formula is C11H10ClF3N4. The number of hydrogen-bond donors (Lipinski definition) is 2. The summed E-state index contributed by atoms with van der Waals surface area (Å²) in [6.45, 7) is 2.21. The lowest BCUT2D eigenvalue weighted by Gasteiger charge is -2.10. The molecule has 0 aliphatic heterocycles. The van der Waals surface area contributed by atoms with Crippen LogP contribution in [0.3, 0.4) is 0 Å². The van der Waals surface area contributed by atoms with Crippen molar-refractivity contribution < 1.29 is 13.2 Å². The number of nitrogens with zero attached hydrogens (tertiary/aromatic N) is 2. The molecule has 0 saturated heterocycles. The van der Waals surface area contributed by atoms with Gasteiger partial charge in [-0.2, -0.15) is 18.3 Å². The summed E-state index contributed by atoms with van der Waals surface area (Å²) in [6, 6.07) is 0.846. The topological polar surface area (TPSA) is 53.6 Å². The molecule has 0 saturated carbocycles. The zero-order chi connectivity index (χ0) is 14.0. The quantitative estimate of drug-likeness (QED) is 0.911. The van der Waals surface area contributed by atoms with Crippen molar-refractivity contribution in [2.75, 3.05) is 5.32 Å². The number of H-pyrrole nitrogens is 1. The van der Waals surface area contributed by atoms with Crippen LogP contribution in [0.25, 0.3) is 0 Å². The molecule has 0 aromatic carbocycles. The zero-order valence-electron chi connectivity index (χ0n) is 9.85. The second-order valence-corrected chi connectivity index (χ2v) is 4.33. The number of nitrogens with one attached hydrogen (secondary N) is 2. The smallest absolute Gasteiger partial charge is 0.365 e. The van der Waals surface area contributed by atoms with Crippen LogP contribution in [0.15, 0.2) is 18.5 Å². The van der Waals surface area contributed by atoms with Gasteiger partial charge in [0.15, 0.2) is 0 Å². The molecule has 0 radical (unpaired) electrons. The summed E-state index contributed by atoms with van der Waals surface area (Å²) in [5.74, 6) is 0.204. The third-order valence-electron chi connectivity index (χ3n) is 2.55. The molecule has 19 heavy (non-hydrogen) atoms. The van der Waals surface area contributed by atoms with Gasteiger partial charge in [-0.25, -0.2) is 4.98 Å². The van der Waals surface area contributed by atoms with Gasteiger partial charge in [0.25, 0.3) is 0 Å². The van der Waals surface area contributed by atoms with Crippen molar-refractivity contribution in [2.45, 2.75) is 19.6 Å². The number of rotatable bonds is 3. The van der Waals surface area contributed by atoms with Gasteiger partial charge in [-0.05, 0) is 13.0 Å². The van der Waals surface area contributed by atoms with E-state index in [1.165, 1.54) is 0 Å².